The second-order valence-corrected chi connectivity index (χ2v) is 5.66. The third-order valence-corrected chi connectivity index (χ3v) is 4.14. The molecule has 100 valence electrons. The molecule has 1 unspecified atom stereocenters. The second kappa shape index (κ2) is 4.88. The first kappa shape index (κ1) is 12.0. The van der Waals surface area contributed by atoms with Crippen molar-refractivity contribution >= 4 is 11.8 Å². The first-order valence-electron chi connectivity index (χ1n) is 6.90. The molecule has 0 spiro atoms. The van der Waals surface area contributed by atoms with Crippen molar-refractivity contribution in [3.05, 3.63) is 0 Å². The van der Waals surface area contributed by atoms with Crippen LogP contribution >= 0.6 is 0 Å². The lowest BCUT2D eigenvalue weighted by Gasteiger charge is -2.35. The Labute approximate surface area is 107 Å². The SMILES string of the molecule is O=C1CN(CC2CCOCC2)C(=O)C(C2CC2)N1. The topological polar surface area (TPSA) is 58.6 Å². The summed E-state index contributed by atoms with van der Waals surface area (Å²) >= 11 is 0. The van der Waals surface area contributed by atoms with Crippen LogP contribution < -0.4 is 5.32 Å². The molecule has 0 aromatic carbocycles. The van der Waals surface area contributed by atoms with Crippen LogP contribution in [0.2, 0.25) is 0 Å². The molecule has 2 saturated heterocycles. The van der Waals surface area contributed by atoms with Gasteiger partial charge in [-0.05, 0) is 37.5 Å². The fraction of sp³-hybridized carbons (Fsp3) is 0.846. The number of amides is 2. The number of piperazine rings is 1. The Balaban J connectivity index is 1.62. The van der Waals surface area contributed by atoms with Crippen molar-refractivity contribution in [2.45, 2.75) is 31.7 Å². The summed E-state index contributed by atoms with van der Waals surface area (Å²) in [6.45, 7) is 2.52. The van der Waals surface area contributed by atoms with Gasteiger partial charge in [-0.1, -0.05) is 0 Å². The maximum absolute atomic E-state index is 12.3. The Morgan fingerprint density at radius 2 is 1.89 bits per heavy atom. The van der Waals surface area contributed by atoms with Crippen LogP contribution in [0.1, 0.15) is 25.7 Å². The Kier molecular flexibility index (Phi) is 3.24. The number of carbonyl (C=O) groups is 2. The molecule has 3 rings (SSSR count). The minimum Gasteiger partial charge on any atom is -0.381 e. The summed E-state index contributed by atoms with van der Waals surface area (Å²) in [7, 11) is 0. The molecule has 5 nitrogen and oxygen atoms in total. The van der Waals surface area contributed by atoms with Gasteiger partial charge in [0.15, 0.2) is 0 Å². The molecule has 3 aliphatic rings. The molecule has 1 aliphatic carbocycles. The van der Waals surface area contributed by atoms with Crippen molar-refractivity contribution in [2.75, 3.05) is 26.3 Å². The van der Waals surface area contributed by atoms with Gasteiger partial charge in [-0.2, -0.15) is 0 Å². The monoisotopic (exact) mass is 252 g/mol. The van der Waals surface area contributed by atoms with Crippen LogP contribution in [-0.4, -0.2) is 49.1 Å². The molecule has 2 amide bonds. The summed E-state index contributed by atoms with van der Waals surface area (Å²) in [6, 6.07) is -0.244. The third kappa shape index (κ3) is 2.51. The van der Waals surface area contributed by atoms with Gasteiger partial charge < -0.3 is 15.0 Å². The van der Waals surface area contributed by atoms with Gasteiger partial charge in [0.25, 0.3) is 0 Å². The highest BCUT2D eigenvalue weighted by Crippen LogP contribution is 2.34. The third-order valence-electron chi connectivity index (χ3n) is 4.14. The van der Waals surface area contributed by atoms with E-state index in [1.165, 1.54) is 0 Å². The Bertz CT molecular complexity index is 348. The number of nitrogens with one attached hydrogen (secondary N) is 1. The Hall–Kier alpha value is -1.10. The predicted octanol–water partition coefficient (Wildman–Crippen LogP) is 0.150. The molecule has 1 saturated carbocycles. The summed E-state index contributed by atoms with van der Waals surface area (Å²) in [4.78, 5) is 25.7. The molecular weight excluding hydrogens is 232 g/mol. The summed E-state index contributed by atoms with van der Waals surface area (Å²) in [5, 5.41) is 2.84. The zero-order chi connectivity index (χ0) is 12.5. The maximum Gasteiger partial charge on any atom is 0.245 e. The highest BCUT2D eigenvalue weighted by Gasteiger charge is 2.42. The van der Waals surface area contributed by atoms with Crippen LogP contribution in [0, 0.1) is 11.8 Å². The predicted molar refractivity (Wildman–Crippen MR) is 64.8 cm³/mol. The lowest BCUT2D eigenvalue weighted by molar-refractivity contribution is -0.145. The molecule has 0 aromatic heterocycles. The summed E-state index contributed by atoms with van der Waals surface area (Å²) in [5.74, 6) is 1.01. The number of ether oxygens (including phenoxy) is 1. The van der Waals surface area contributed by atoms with Crippen molar-refractivity contribution in [3.8, 4) is 0 Å². The van der Waals surface area contributed by atoms with Gasteiger partial charge in [-0.15, -0.1) is 0 Å². The van der Waals surface area contributed by atoms with Gasteiger partial charge in [0, 0.05) is 19.8 Å². The van der Waals surface area contributed by atoms with Gasteiger partial charge in [0.05, 0.1) is 6.54 Å². The van der Waals surface area contributed by atoms with Gasteiger partial charge in [0.1, 0.15) is 6.04 Å². The summed E-state index contributed by atoms with van der Waals surface area (Å²) in [6.07, 6.45) is 4.14. The van der Waals surface area contributed by atoms with Crippen LogP contribution in [0.4, 0.5) is 0 Å². The van der Waals surface area contributed by atoms with Crippen molar-refractivity contribution in [1.29, 1.82) is 0 Å². The summed E-state index contributed by atoms with van der Waals surface area (Å²) < 4.78 is 5.32. The Morgan fingerprint density at radius 1 is 1.17 bits per heavy atom. The summed E-state index contributed by atoms with van der Waals surface area (Å²) in [5.41, 5.74) is 0. The molecule has 1 atom stereocenters. The molecule has 3 fully saturated rings. The maximum atomic E-state index is 12.3. The fourth-order valence-corrected chi connectivity index (χ4v) is 2.87. The van der Waals surface area contributed by atoms with Crippen LogP contribution in [-0.2, 0) is 14.3 Å². The zero-order valence-electron chi connectivity index (χ0n) is 10.6. The van der Waals surface area contributed by atoms with Crippen LogP contribution in [0.5, 0.6) is 0 Å². The number of nitrogens with zero attached hydrogens (tertiary/aromatic N) is 1. The molecule has 0 aromatic rings. The highest BCUT2D eigenvalue weighted by atomic mass is 16.5. The molecule has 1 N–H and O–H groups in total. The number of hydrogen-bond donors (Lipinski definition) is 1. The molecule has 18 heavy (non-hydrogen) atoms. The lowest BCUT2D eigenvalue weighted by atomic mass is 9.98. The standard InChI is InChI=1S/C13H20N2O3/c16-11-8-15(7-9-3-5-18-6-4-9)13(17)12(14-11)10-1-2-10/h9-10,12H,1-8H2,(H,14,16). The highest BCUT2D eigenvalue weighted by molar-refractivity contribution is 5.95. The van der Waals surface area contributed by atoms with E-state index in [2.05, 4.69) is 5.32 Å². The number of hydrogen-bond acceptors (Lipinski definition) is 3. The van der Waals surface area contributed by atoms with E-state index in [1.807, 2.05) is 0 Å². The van der Waals surface area contributed by atoms with Gasteiger partial charge >= 0.3 is 0 Å². The minimum absolute atomic E-state index is 0.00133. The fourth-order valence-electron chi connectivity index (χ4n) is 2.87. The average molecular weight is 252 g/mol. The second-order valence-electron chi connectivity index (χ2n) is 5.66. The van der Waals surface area contributed by atoms with E-state index >= 15 is 0 Å². The molecule has 5 heteroatoms. The average Bonchev–Trinajstić information content (AvgIpc) is 3.19. The molecule has 0 bridgehead atoms. The van der Waals surface area contributed by atoms with E-state index in [0.717, 1.165) is 45.4 Å². The molecule has 2 heterocycles. The van der Waals surface area contributed by atoms with E-state index < -0.39 is 0 Å². The van der Waals surface area contributed by atoms with Gasteiger partial charge in [-0.25, -0.2) is 0 Å². The van der Waals surface area contributed by atoms with Gasteiger partial charge in [0.2, 0.25) is 11.8 Å². The number of rotatable bonds is 3. The molecular formula is C13H20N2O3. The van der Waals surface area contributed by atoms with Crippen molar-refractivity contribution in [3.63, 3.8) is 0 Å². The Morgan fingerprint density at radius 3 is 2.56 bits per heavy atom. The van der Waals surface area contributed by atoms with Crippen molar-refractivity contribution < 1.29 is 14.3 Å². The first-order chi connectivity index (χ1) is 8.74. The van der Waals surface area contributed by atoms with Crippen molar-refractivity contribution in [1.82, 2.24) is 10.2 Å². The zero-order valence-corrected chi connectivity index (χ0v) is 10.6. The molecule has 0 radical (unpaired) electrons. The normalized spacial score (nSPS) is 30.4. The molecule has 2 aliphatic heterocycles. The van der Waals surface area contributed by atoms with Gasteiger partial charge in [-0.3, -0.25) is 9.59 Å². The van der Waals surface area contributed by atoms with E-state index in [9.17, 15) is 9.59 Å². The van der Waals surface area contributed by atoms with Crippen LogP contribution in [0.3, 0.4) is 0 Å². The quantitative estimate of drug-likeness (QED) is 0.778. The van der Waals surface area contributed by atoms with E-state index in [4.69, 9.17) is 4.74 Å². The van der Waals surface area contributed by atoms with Crippen molar-refractivity contribution in [2.24, 2.45) is 11.8 Å². The van der Waals surface area contributed by atoms with Crippen LogP contribution in [0.15, 0.2) is 0 Å². The lowest BCUT2D eigenvalue weighted by Crippen LogP contribution is -2.59. The minimum atomic E-state index is -0.244. The first-order valence-corrected chi connectivity index (χ1v) is 6.90. The van der Waals surface area contributed by atoms with E-state index in [0.29, 0.717) is 11.8 Å². The largest absolute Gasteiger partial charge is 0.381 e. The number of carbonyl (C=O) groups excluding carboxylic acids is 2. The van der Waals surface area contributed by atoms with E-state index in [-0.39, 0.29) is 24.4 Å². The van der Waals surface area contributed by atoms with Crippen LogP contribution in [0.25, 0.3) is 0 Å². The smallest absolute Gasteiger partial charge is 0.245 e. The van der Waals surface area contributed by atoms with E-state index in [1.54, 1.807) is 4.90 Å².